The molecule has 2 aromatic carbocycles. The summed E-state index contributed by atoms with van der Waals surface area (Å²) in [5.41, 5.74) is 1.37. The second-order valence-corrected chi connectivity index (χ2v) is 10.0. The van der Waals surface area contributed by atoms with Crippen molar-refractivity contribution in [3.63, 3.8) is 0 Å². The Balaban J connectivity index is 1.75. The van der Waals surface area contributed by atoms with Crippen LogP contribution in [0.5, 0.6) is 11.5 Å². The minimum absolute atomic E-state index is 0.148. The largest absolute Gasteiger partial charge is 0.454 e. The van der Waals surface area contributed by atoms with Crippen LogP contribution in [0.25, 0.3) is 22.0 Å². The van der Waals surface area contributed by atoms with Gasteiger partial charge >= 0.3 is 0 Å². The number of aryl methyl sites for hydroxylation is 1. The molecule has 32 heavy (non-hydrogen) atoms. The SMILES string of the molecule is Cn1cc(-c2cc(S3(=O)=NCCC3)ccc2Oc2ccc(F)cc2F)c2cc[nH]c2c1=O. The van der Waals surface area contributed by atoms with Gasteiger partial charge < -0.3 is 14.3 Å². The van der Waals surface area contributed by atoms with Crippen molar-refractivity contribution in [3.05, 3.63) is 76.8 Å². The maximum Gasteiger partial charge on any atom is 0.274 e. The van der Waals surface area contributed by atoms with Gasteiger partial charge in [-0.05, 0) is 42.8 Å². The van der Waals surface area contributed by atoms with E-state index in [2.05, 4.69) is 9.35 Å². The summed E-state index contributed by atoms with van der Waals surface area (Å²) in [6.45, 7) is 0.537. The first-order valence-corrected chi connectivity index (χ1v) is 11.7. The summed E-state index contributed by atoms with van der Waals surface area (Å²) in [5.74, 6) is -0.959. The highest BCUT2D eigenvalue weighted by Gasteiger charge is 2.22. The lowest BCUT2D eigenvalue weighted by atomic mass is 10.0. The van der Waals surface area contributed by atoms with Crippen LogP contribution in [0.4, 0.5) is 8.78 Å². The molecule has 9 heteroatoms. The molecule has 1 N–H and O–H groups in total. The van der Waals surface area contributed by atoms with Crippen molar-refractivity contribution in [2.24, 2.45) is 11.4 Å². The normalized spacial score (nSPS) is 18.1. The minimum atomic E-state index is -2.56. The van der Waals surface area contributed by atoms with E-state index in [1.807, 2.05) is 0 Å². The Morgan fingerprint density at radius 2 is 1.91 bits per heavy atom. The van der Waals surface area contributed by atoms with E-state index < -0.39 is 21.4 Å². The third-order valence-corrected chi connectivity index (χ3v) is 7.93. The summed E-state index contributed by atoms with van der Waals surface area (Å²) in [4.78, 5) is 16.0. The van der Waals surface area contributed by atoms with Crippen molar-refractivity contribution < 1.29 is 17.7 Å². The number of benzene rings is 2. The summed E-state index contributed by atoms with van der Waals surface area (Å²) >= 11 is 0. The Hall–Kier alpha value is -3.46. The summed E-state index contributed by atoms with van der Waals surface area (Å²) in [7, 11) is -0.927. The third-order valence-electron chi connectivity index (χ3n) is 5.50. The molecule has 0 aliphatic carbocycles. The number of H-pyrrole nitrogens is 1. The van der Waals surface area contributed by atoms with E-state index in [-0.39, 0.29) is 17.1 Å². The zero-order valence-corrected chi connectivity index (χ0v) is 17.9. The molecule has 3 heterocycles. The standard InChI is InChI=1S/C23H19F2N3O3S/c1-28-13-18(16-7-9-26-22(16)23(28)29)17-12-15(32(30)10-2-8-27-32)4-6-20(17)31-21-5-3-14(24)11-19(21)25/h3-7,9,11-13,26H,2,8,10H2,1H3. The van der Waals surface area contributed by atoms with E-state index in [1.54, 1.807) is 43.7 Å². The Kier molecular flexibility index (Phi) is 4.85. The molecule has 2 aromatic heterocycles. The van der Waals surface area contributed by atoms with Crippen LogP contribution in [0.2, 0.25) is 0 Å². The predicted octanol–water partition coefficient (Wildman–Crippen LogP) is 4.83. The molecule has 0 saturated heterocycles. The topological polar surface area (TPSA) is 76.5 Å². The molecule has 0 spiro atoms. The van der Waals surface area contributed by atoms with Crippen LogP contribution in [0.1, 0.15) is 6.42 Å². The highest BCUT2D eigenvalue weighted by molar-refractivity contribution is 7.93. The van der Waals surface area contributed by atoms with Gasteiger partial charge in [0.05, 0.1) is 9.73 Å². The maximum atomic E-state index is 14.3. The number of halogens is 2. The van der Waals surface area contributed by atoms with Gasteiger partial charge in [0, 0.05) is 59.2 Å². The number of aromatic nitrogens is 2. The van der Waals surface area contributed by atoms with Crippen LogP contribution in [-0.4, -0.2) is 26.1 Å². The second kappa shape index (κ2) is 7.59. The van der Waals surface area contributed by atoms with Crippen LogP contribution in [0.15, 0.2) is 68.9 Å². The van der Waals surface area contributed by atoms with Crippen LogP contribution in [0.3, 0.4) is 0 Å². The average molecular weight is 455 g/mol. The number of hydrogen-bond donors (Lipinski definition) is 1. The van der Waals surface area contributed by atoms with Gasteiger partial charge in [-0.1, -0.05) is 0 Å². The van der Waals surface area contributed by atoms with Gasteiger partial charge in [-0.2, -0.15) is 0 Å². The maximum absolute atomic E-state index is 14.3. The summed E-state index contributed by atoms with van der Waals surface area (Å²) in [6, 6.07) is 9.82. The number of fused-ring (bicyclic) bond motifs is 1. The third kappa shape index (κ3) is 3.38. The molecule has 5 rings (SSSR count). The van der Waals surface area contributed by atoms with E-state index >= 15 is 0 Å². The first kappa shape index (κ1) is 20.4. The lowest BCUT2D eigenvalue weighted by Gasteiger charge is -2.16. The first-order valence-electron chi connectivity index (χ1n) is 10.0. The first-order chi connectivity index (χ1) is 15.4. The zero-order valence-electron chi connectivity index (χ0n) is 17.1. The van der Waals surface area contributed by atoms with E-state index in [0.717, 1.165) is 18.6 Å². The number of pyridine rings is 1. The molecule has 0 radical (unpaired) electrons. The van der Waals surface area contributed by atoms with Gasteiger partial charge in [0.1, 0.15) is 17.1 Å². The number of aromatic amines is 1. The average Bonchev–Trinajstić information content (AvgIpc) is 3.43. The number of nitrogens with one attached hydrogen (secondary N) is 1. The Labute approximate surface area is 182 Å². The number of ether oxygens (including phenoxy) is 1. The molecule has 1 atom stereocenters. The lowest BCUT2D eigenvalue weighted by molar-refractivity contribution is 0.438. The fourth-order valence-corrected chi connectivity index (χ4v) is 5.94. The summed E-state index contributed by atoms with van der Waals surface area (Å²) in [6.07, 6.45) is 4.06. The van der Waals surface area contributed by atoms with Crippen molar-refractivity contribution >= 4 is 20.6 Å². The second-order valence-electron chi connectivity index (χ2n) is 7.61. The quantitative estimate of drug-likeness (QED) is 0.479. The number of rotatable bonds is 4. The molecule has 0 saturated carbocycles. The van der Waals surface area contributed by atoms with E-state index in [0.29, 0.717) is 39.2 Å². The molecule has 164 valence electrons. The molecule has 0 bridgehead atoms. The predicted molar refractivity (Wildman–Crippen MR) is 119 cm³/mol. The van der Waals surface area contributed by atoms with Gasteiger partial charge in [-0.3, -0.25) is 4.79 Å². The van der Waals surface area contributed by atoms with Crippen molar-refractivity contribution in [2.45, 2.75) is 11.3 Å². The lowest BCUT2D eigenvalue weighted by Crippen LogP contribution is -2.16. The van der Waals surface area contributed by atoms with E-state index in [4.69, 9.17) is 4.74 Å². The van der Waals surface area contributed by atoms with Crippen molar-refractivity contribution in [2.75, 3.05) is 12.3 Å². The van der Waals surface area contributed by atoms with Crippen LogP contribution < -0.4 is 10.3 Å². The van der Waals surface area contributed by atoms with Crippen molar-refractivity contribution in [1.29, 1.82) is 0 Å². The summed E-state index contributed by atoms with van der Waals surface area (Å²) < 4.78 is 52.5. The molecule has 0 amide bonds. The van der Waals surface area contributed by atoms with Gasteiger partial charge in [0.15, 0.2) is 11.6 Å². The molecule has 6 nitrogen and oxygen atoms in total. The molecule has 4 aromatic rings. The zero-order chi connectivity index (χ0) is 22.5. The Morgan fingerprint density at radius 1 is 1.09 bits per heavy atom. The smallest absolute Gasteiger partial charge is 0.274 e. The Morgan fingerprint density at radius 3 is 2.66 bits per heavy atom. The molecule has 1 aliphatic rings. The van der Waals surface area contributed by atoms with Gasteiger partial charge in [-0.25, -0.2) is 17.4 Å². The van der Waals surface area contributed by atoms with Gasteiger partial charge in [-0.15, -0.1) is 0 Å². The van der Waals surface area contributed by atoms with Gasteiger partial charge in [0.2, 0.25) is 0 Å². The highest BCUT2D eigenvalue weighted by Crippen LogP contribution is 2.39. The van der Waals surface area contributed by atoms with Gasteiger partial charge in [0.25, 0.3) is 5.56 Å². The highest BCUT2D eigenvalue weighted by atomic mass is 32.2. The number of nitrogens with zero attached hydrogens (tertiary/aromatic N) is 2. The monoisotopic (exact) mass is 455 g/mol. The fourth-order valence-electron chi connectivity index (χ4n) is 3.90. The van der Waals surface area contributed by atoms with Crippen LogP contribution >= 0.6 is 0 Å². The number of hydrogen-bond acceptors (Lipinski definition) is 4. The van der Waals surface area contributed by atoms with E-state index in [9.17, 15) is 17.8 Å². The fraction of sp³-hybridized carbons (Fsp3) is 0.174. The summed E-state index contributed by atoms with van der Waals surface area (Å²) in [5, 5.41) is 0.646. The van der Waals surface area contributed by atoms with E-state index in [1.165, 1.54) is 10.6 Å². The molecular weight excluding hydrogens is 436 g/mol. The molecule has 0 fully saturated rings. The molecule has 1 unspecified atom stereocenters. The van der Waals surface area contributed by atoms with Crippen molar-refractivity contribution in [3.8, 4) is 22.6 Å². The molecule has 1 aliphatic heterocycles. The van der Waals surface area contributed by atoms with Crippen LogP contribution in [-0.2, 0) is 16.8 Å². The van der Waals surface area contributed by atoms with Crippen LogP contribution in [0, 0.1) is 11.6 Å². The Bertz CT molecular complexity index is 1550. The van der Waals surface area contributed by atoms with Crippen molar-refractivity contribution in [1.82, 2.24) is 9.55 Å². The molecular formula is C23H19F2N3O3S. The minimum Gasteiger partial charge on any atom is -0.454 e.